The maximum Gasteiger partial charge on any atom is 0.0905 e. The molecule has 0 amide bonds. The fourth-order valence-corrected chi connectivity index (χ4v) is 3.32. The SMILES string of the molecule is CCc1nn2c(-c3ccc(Cl)cc3Cl)cccc2c1N(C)CC. The minimum absolute atomic E-state index is 0.629. The number of aromatic nitrogens is 2. The molecule has 0 aliphatic heterocycles. The third-order valence-electron chi connectivity index (χ3n) is 4.10. The first-order valence-corrected chi connectivity index (χ1v) is 8.49. The van der Waals surface area contributed by atoms with Gasteiger partial charge in [-0.2, -0.15) is 5.10 Å². The third-order valence-corrected chi connectivity index (χ3v) is 4.65. The second-order valence-corrected chi connectivity index (χ2v) is 6.34. The van der Waals surface area contributed by atoms with Gasteiger partial charge in [-0.25, -0.2) is 4.52 Å². The van der Waals surface area contributed by atoms with Crippen LogP contribution in [0.15, 0.2) is 36.4 Å². The summed E-state index contributed by atoms with van der Waals surface area (Å²) in [6.07, 6.45) is 0.884. The molecule has 0 atom stereocenters. The highest BCUT2D eigenvalue weighted by Gasteiger charge is 2.17. The zero-order valence-corrected chi connectivity index (χ0v) is 15.0. The number of rotatable bonds is 4. The van der Waals surface area contributed by atoms with E-state index in [1.807, 2.05) is 28.8 Å². The molecular formula is C18H19Cl2N3. The summed E-state index contributed by atoms with van der Waals surface area (Å²) in [5.74, 6) is 0. The van der Waals surface area contributed by atoms with Gasteiger partial charge >= 0.3 is 0 Å². The minimum Gasteiger partial charge on any atom is -0.372 e. The molecule has 0 fully saturated rings. The molecule has 5 heteroatoms. The van der Waals surface area contributed by atoms with Crippen molar-refractivity contribution < 1.29 is 0 Å². The van der Waals surface area contributed by atoms with Crippen LogP contribution in [-0.2, 0) is 6.42 Å². The molecule has 0 N–H and O–H groups in total. The first kappa shape index (κ1) is 16.2. The normalized spacial score (nSPS) is 11.2. The molecular weight excluding hydrogens is 329 g/mol. The highest BCUT2D eigenvalue weighted by molar-refractivity contribution is 6.36. The van der Waals surface area contributed by atoms with Gasteiger partial charge < -0.3 is 4.90 Å². The number of halogens is 2. The van der Waals surface area contributed by atoms with E-state index in [1.165, 1.54) is 5.69 Å². The van der Waals surface area contributed by atoms with Crippen LogP contribution >= 0.6 is 23.2 Å². The molecule has 0 saturated heterocycles. The Labute approximate surface area is 146 Å². The van der Waals surface area contributed by atoms with Gasteiger partial charge in [0, 0.05) is 24.2 Å². The molecule has 120 valence electrons. The molecule has 2 heterocycles. The largest absolute Gasteiger partial charge is 0.372 e. The molecule has 0 aliphatic carbocycles. The number of anilines is 1. The van der Waals surface area contributed by atoms with Crippen molar-refractivity contribution in [2.75, 3.05) is 18.5 Å². The van der Waals surface area contributed by atoms with Crippen LogP contribution in [0.3, 0.4) is 0 Å². The standard InChI is InChI=1S/C18H19Cl2N3/c1-4-15-18(22(3)5-2)17-8-6-7-16(23(17)21-15)13-10-9-12(19)11-14(13)20/h6-11H,4-5H2,1-3H3. The molecule has 0 spiro atoms. The van der Waals surface area contributed by atoms with Crippen molar-refractivity contribution in [3.05, 3.63) is 52.1 Å². The lowest BCUT2D eigenvalue weighted by Crippen LogP contribution is -2.16. The van der Waals surface area contributed by atoms with Crippen molar-refractivity contribution in [1.82, 2.24) is 9.61 Å². The number of nitrogens with zero attached hydrogens (tertiary/aromatic N) is 3. The lowest BCUT2D eigenvalue weighted by Gasteiger charge is -2.17. The predicted molar refractivity (Wildman–Crippen MR) is 99.0 cm³/mol. The highest BCUT2D eigenvalue weighted by Crippen LogP contribution is 2.34. The fraction of sp³-hybridized carbons (Fsp3) is 0.278. The summed E-state index contributed by atoms with van der Waals surface area (Å²) in [5, 5.41) is 6.08. The van der Waals surface area contributed by atoms with Crippen LogP contribution in [0, 0.1) is 0 Å². The summed E-state index contributed by atoms with van der Waals surface area (Å²) in [7, 11) is 2.10. The number of hydrogen-bond acceptors (Lipinski definition) is 2. The zero-order valence-electron chi connectivity index (χ0n) is 13.5. The Balaban J connectivity index is 2.29. The van der Waals surface area contributed by atoms with E-state index >= 15 is 0 Å². The van der Waals surface area contributed by atoms with E-state index in [-0.39, 0.29) is 0 Å². The van der Waals surface area contributed by atoms with Gasteiger partial charge in [0.05, 0.1) is 27.6 Å². The Morgan fingerprint density at radius 2 is 1.91 bits per heavy atom. The smallest absolute Gasteiger partial charge is 0.0905 e. The molecule has 0 saturated carbocycles. The average Bonchev–Trinajstić information content (AvgIpc) is 2.93. The highest BCUT2D eigenvalue weighted by atomic mass is 35.5. The topological polar surface area (TPSA) is 20.5 Å². The minimum atomic E-state index is 0.629. The maximum absolute atomic E-state index is 6.40. The van der Waals surface area contributed by atoms with Crippen LogP contribution in [0.5, 0.6) is 0 Å². The van der Waals surface area contributed by atoms with Crippen LogP contribution in [0.4, 0.5) is 5.69 Å². The summed E-state index contributed by atoms with van der Waals surface area (Å²) in [5.41, 5.74) is 5.26. The second kappa shape index (κ2) is 6.42. The van der Waals surface area contributed by atoms with E-state index < -0.39 is 0 Å². The Bertz CT molecular complexity index is 855. The van der Waals surface area contributed by atoms with Gasteiger partial charge in [-0.1, -0.05) is 36.2 Å². The molecule has 3 rings (SSSR count). The van der Waals surface area contributed by atoms with E-state index in [1.54, 1.807) is 6.07 Å². The number of benzene rings is 1. The van der Waals surface area contributed by atoms with Crippen LogP contribution in [0.25, 0.3) is 16.8 Å². The number of fused-ring (bicyclic) bond motifs is 1. The molecule has 3 aromatic rings. The molecule has 2 aromatic heterocycles. The Morgan fingerprint density at radius 1 is 1.13 bits per heavy atom. The van der Waals surface area contributed by atoms with E-state index in [4.69, 9.17) is 28.3 Å². The zero-order chi connectivity index (χ0) is 16.6. The molecule has 0 bridgehead atoms. The first-order valence-electron chi connectivity index (χ1n) is 7.74. The van der Waals surface area contributed by atoms with Crippen molar-refractivity contribution in [3.63, 3.8) is 0 Å². The average molecular weight is 348 g/mol. The van der Waals surface area contributed by atoms with Crippen molar-refractivity contribution in [3.8, 4) is 11.3 Å². The van der Waals surface area contributed by atoms with E-state index in [0.29, 0.717) is 10.0 Å². The number of pyridine rings is 1. The van der Waals surface area contributed by atoms with E-state index in [2.05, 4.69) is 31.9 Å². The third kappa shape index (κ3) is 2.79. The molecule has 3 nitrogen and oxygen atoms in total. The van der Waals surface area contributed by atoms with Gasteiger partial charge in [0.1, 0.15) is 0 Å². The summed E-state index contributed by atoms with van der Waals surface area (Å²) in [4.78, 5) is 2.23. The van der Waals surface area contributed by atoms with Gasteiger partial charge in [-0.3, -0.25) is 0 Å². The Kier molecular flexibility index (Phi) is 4.51. The van der Waals surface area contributed by atoms with Gasteiger partial charge in [-0.05, 0) is 43.7 Å². The first-order chi connectivity index (χ1) is 11.1. The van der Waals surface area contributed by atoms with Crippen molar-refractivity contribution >= 4 is 34.4 Å². The predicted octanol–water partition coefficient (Wildman–Crippen LogP) is 5.33. The molecule has 23 heavy (non-hydrogen) atoms. The van der Waals surface area contributed by atoms with Gasteiger partial charge in [0.2, 0.25) is 0 Å². The maximum atomic E-state index is 6.40. The van der Waals surface area contributed by atoms with E-state index in [0.717, 1.165) is 35.4 Å². The Morgan fingerprint density at radius 3 is 2.57 bits per heavy atom. The lowest BCUT2D eigenvalue weighted by molar-refractivity contribution is 0.894. The molecule has 0 radical (unpaired) electrons. The monoisotopic (exact) mass is 347 g/mol. The van der Waals surface area contributed by atoms with Crippen molar-refractivity contribution in [1.29, 1.82) is 0 Å². The van der Waals surface area contributed by atoms with Gasteiger partial charge in [0.15, 0.2) is 0 Å². The van der Waals surface area contributed by atoms with Crippen LogP contribution in [0.2, 0.25) is 10.0 Å². The number of aryl methyl sites for hydroxylation is 1. The summed E-state index contributed by atoms with van der Waals surface area (Å²) >= 11 is 12.4. The Hall–Kier alpha value is -1.71. The quantitative estimate of drug-likeness (QED) is 0.635. The summed E-state index contributed by atoms with van der Waals surface area (Å²) < 4.78 is 1.98. The molecule has 0 unspecified atom stereocenters. The second-order valence-electron chi connectivity index (χ2n) is 5.50. The molecule has 0 aliphatic rings. The van der Waals surface area contributed by atoms with Crippen molar-refractivity contribution in [2.45, 2.75) is 20.3 Å². The molecule has 1 aromatic carbocycles. The summed E-state index contributed by atoms with van der Waals surface area (Å²) in [6, 6.07) is 11.7. The summed E-state index contributed by atoms with van der Waals surface area (Å²) in [6.45, 7) is 5.20. The lowest BCUT2D eigenvalue weighted by atomic mass is 10.1. The fourth-order valence-electron chi connectivity index (χ4n) is 2.82. The number of hydrogen-bond donors (Lipinski definition) is 0. The van der Waals surface area contributed by atoms with Crippen LogP contribution in [-0.4, -0.2) is 23.2 Å². The van der Waals surface area contributed by atoms with Crippen LogP contribution in [0.1, 0.15) is 19.5 Å². The van der Waals surface area contributed by atoms with Gasteiger partial charge in [-0.15, -0.1) is 0 Å². The van der Waals surface area contributed by atoms with Gasteiger partial charge in [0.25, 0.3) is 0 Å². The van der Waals surface area contributed by atoms with E-state index in [9.17, 15) is 0 Å². The van der Waals surface area contributed by atoms with Crippen molar-refractivity contribution in [2.24, 2.45) is 0 Å². The van der Waals surface area contributed by atoms with Crippen LogP contribution < -0.4 is 4.90 Å².